The second-order valence-corrected chi connectivity index (χ2v) is 5.33. The molecule has 0 atom stereocenters. The highest BCUT2D eigenvalue weighted by Crippen LogP contribution is 2.30. The first kappa shape index (κ1) is 11.9. The quantitative estimate of drug-likeness (QED) is 0.779. The van der Waals surface area contributed by atoms with Crippen LogP contribution in [-0.4, -0.2) is 17.3 Å². The molecule has 0 fully saturated rings. The normalized spacial score (nSPS) is 12.0. The molecular weight excluding hydrogens is 212 g/mol. The van der Waals surface area contributed by atoms with E-state index in [1.54, 1.807) is 0 Å². The van der Waals surface area contributed by atoms with Crippen LogP contribution in [0.25, 0.3) is 10.9 Å². The number of benzene rings is 1. The molecule has 2 rings (SSSR count). The van der Waals surface area contributed by atoms with Gasteiger partial charge in [0.2, 0.25) is 0 Å². The zero-order valence-electron chi connectivity index (χ0n) is 10.5. The lowest BCUT2D eigenvalue weighted by molar-refractivity contribution is 0.0997. The summed E-state index contributed by atoms with van der Waals surface area (Å²) in [4.78, 5) is 14.7. The number of nitrogens with one attached hydrogen (secondary N) is 1. The Hall–Kier alpha value is -1.61. The van der Waals surface area contributed by atoms with Crippen molar-refractivity contribution >= 4 is 16.7 Å². The third-order valence-electron chi connectivity index (χ3n) is 2.96. The fourth-order valence-electron chi connectivity index (χ4n) is 2.07. The van der Waals surface area contributed by atoms with Crippen molar-refractivity contribution in [3.8, 4) is 0 Å². The monoisotopic (exact) mass is 230 g/mol. The lowest BCUT2D eigenvalue weighted by Gasteiger charge is -2.19. The number of fused-ring (bicyclic) bond motifs is 1. The minimum atomic E-state index is -0.0546. The summed E-state index contributed by atoms with van der Waals surface area (Å²) in [6.45, 7) is 6.54. The molecule has 0 amide bonds. The van der Waals surface area contributed by atoms with Gasteiger partial charge < -0.3 is 10.7 Å². The number of nitrogens with two attached hydrogens (primary N) is 1. The van der Waals surface area contributed by atoms with Crippen molar-refractivity contribution in [1.82, 2.24) is 4.98 Å². The summed E-state index contributed by atoms with van der Waals surface area (Å²) in [6.07, 6.45) is 0. The molecule has 2 aromatic rings. The molecule has 0 aliphatic carbocycles. The van der Waals surface area contributed by atoms with E-state index in [1.807, 2.05) is 18.2 Å². The maximum absolute atomic E-state index is 11.6. The van der Waals surface area contributed by atoms with Gasteiger partial charge in [0.25, 0.3) is 0 Å². The van der Waals surface area contributed by atoms with E-state index < -0.39 is 0 Å². The zero-order chi connectivity index (χ0) is 12.6. The molecule has 17 heavy (non-hydrogen) atoms. The van der Waals surface area contributed by atoms with E-state index in [2.05, 4.69) is 31.8 Å². The van der Waals surface area contributed by atoms with E-state index in [4.69, 9.17) is 5.73 Å². The topological polar surface area (TPSA) is 58.9 Å². The van der Waals surface area contributed by atoms with Crippen LogP contribution >= 0.6 is 0 Å². The Balaban J connectivity index is 2.65. The van der Waals surface area contributed by atoms with Crippen molar-refractivity contribution in [2.75, 3.05) is 6.54 Å². The first-order valence-corrected chi connectivity index (χ1v) is 5.79. The first-order chi connectivity index (χ1) is 7.93. The van der Waals surface area contributed by atoms with Crippen LogP contribution in [0.3, 0.4) is 0 Å². The highest BCUT2D eigenvalue weighted by molar-refractivity contribution is 6.01. The number of carbonyl (C=O) groups excluding carboxylic acids is 1. The molecule has 3 nitrogen and oxygen atoms in total. The largest absolute Gasteiger partial charge is 0.352 e. The van der Waals surface area contributed by atoms with Gasteiger partial charge in [0, 0.05) is 10.9 Å². The van der Waals surface area contributed by atoms with Crippen molar-refractivity contribution in [1.29, 1.82) is 0 Å². The molecule has 90 valence electrons. The second-order valence-electron chi connectivity index (χ2n) is 5.33. The molecule has 0 radical (unpaired) electrons. The molecule has 3 N–H and O–H groups in total. The van der Waals surface area contributed by atoms with Crippen molar-refractivity contribution < 1.29 is 4.79 Å². The Labute approximate surface area is 101 Å². The van der Waals surface area contributed by atoms with Gasteiger partial charge in [0.05, 0.1) is 12.2 Å². The van der Waals surface area contributed by atoms with Gasteiger partial charge in [0.15, 0.2) is 5.78 Å². The van der Waals surface area contributed by atoms with Gasteiger partial charge in [-0.15, -0.1) is 0 Å². The van der Waals surface area contributed by atoms with Crippen molar-refractivity contribution in [3.05, 3.63) is 35.5 Å². The average molecular weight is 230 g/mol. The highest BCUT2D eigenvalue weighted by Gasteiger charge is 2.18. The molecule has 1 aromatic heterocycles. The molecule has 1 heterocycles. The molecule has 3 heteroatoms. The SMILES string of the molecule is CC(C)(C)c1cccc2[nH]c(C(=O)CN)cc12. The van der Waals surface area contributed by atoms with E-state index >= 15 is 0 Å². The first-order valence-electron chi connectivity index (χ1n) is 5.79. The number of aromatic nitrogens is 1. The number of hydrogen-bond acceptors (Lipinski definition) is 2. The summed E-state index contributed by atoms with van der Waals surface area (Å²) >= 11 is 0. The summed E-state index contributed by atoms with van der Waals surface area (Å²) in [5.41, 5.74) is 8.27. The van der Waals surface area contributed by atoms with Crippen molar-refractivity contribution in [2.24, 2.45) is 5.73 Å². The van der Waals surface area contributed by atoms with Crippen LogP contribution in [0, 0.1) is 0 Å². The van der Waals surface area contributed by atoms with Gasteiger partial charge in [-0.25, -0.2) is 0 Å². The molecule has 0 aliphatic heterocycles. The minimum Gasteiger partial charge on any atom is -0.352 e. The predicted octanol–water partition coefficient (Wildman–Crippen LogP) is 2.61. The van der Waals surface area contributed by atoms with Gasteiger partial charge in [-0.3, -0.25) is 4.79 Å². The predicted molar refractivity (Wildman–Crippen MR) is 70.4 cm³/mol. The molecule has 1 aromatic carbocycles. The molecule has 0 bridgehead atoms. The molecule has 0 saturated heterocycles. The third kappa shape index (κ3) is 2.11. The fraction of sp³-hybridized carbons (Fsp3) is 0.357. The number of hydrogen-bond donors (Lipinski definition) is 2. The van der Waals surface area contributed by atoms with E-state index in [0.717, 1.165) is 10.9 Å². The Morgan fingerprint density at radius 3 is 2.65 bits per heavy atom. The number of H-pyrrole nitrogens is 1. The zero-order valence-corrected chi connectivity index (χ0v) is 10.5. The number of Topliss-reactive ketones (excluding diaryl/α,β-unsaturated/α-hetero) is 1. The summed E-state index contributed by atoms with van der Waals surface area (Å²) in [5.74, 6) is -0.0546. The molecule has 0 saturated carbocycles. The Morgan fingerprint density at radius 1 is 1.35 bits per heavy atom. The Kier molecular flexibility index (Phi) is 2.79. The Morgan fingerprint density at radius 2 is 2.06 bits per heavy atom. The van der Waals surface area contributed by atoms with E-state index in [1.165, 1.54) is 5.56 Å². The van der Waals surface area contributed by atoms with E-state index in [0.29, 0.717) is 5.69 Å². The fourth-order valence-corrected chi connectivity index (χ4v) is 2.07. The highest BCUT2D eigenvalue weighted by atomic mass is 16.1. The standard InChI is InChI=1S/C14H18N2O/c1-14(2,3)10-5-4-6-11-9(10)7-12(16-11)13(17)8-15/h4-7,16H,8,15H2,1-3H3. The van der Waals surface area contributed by atoms with Crippen molar-refractivity contribution in [2.45, 2.75) is 26.2 Å². The van der Waals surface area contributed by atoms with Gasteiger partial charge in [0.1, 0.15) is 0 Å². The molecule has 0 spiro atoms. The van der Waals surface area contributed by atoms with E-state index in [-0.39, 0.29) is 17.7 Å². The molecule has 0 aliphatic rings. The summed E-state index contributed by atoms with van der Waals surface area (Å²) in [6, 6.07) is 8.01. The van der Waals surface area contributed by atoms with Crippen LogP contribution in [0.15, 0.2) is 24.3 Å². The second kappa shape index (κ2) is 4.00. The van der Waals surface area contributed by atoms with Crippen LogP contribution in [-0.2, 0) is 5.41 Å². The summed E-state index contributed by atoms with van der Waals surface area (Å²) in [5, 5.41) is 1.11. The lowest BCUT2D eigenvalue weighted by Crippen LogP contribution is -2.13. The molecule has 0 unspecified atom stereocenters. The third-order valence-corrected chi connectivity index (χ3v) is 2.96. The van der Waals surface area contributed by atoms with Crippen LogP contribution in [0.1, 0.15) is 36.8 Å². The van der Waals surface area contributed by atoms with E-state index in [9.17, 15) is 4.79 Å². The van der Waals surface area contributed by atoms with Crippen LogP contribution in [0.5, 0.6) is 0 Å². The Bertz CT molecular complexity index is 561. The minimum absolute atomic E-state index is 0.0394. The number of ketones is 1. The van der Waals surface area contributed by atoms with Gasteiger partial charge >= 0.3 is 0 Å². The van der Waals surface area contributed by atoms with Gasteiger partial charge in [-0.1, -0.05) is 32.9 Å². The maximum atomic E-state index is 11.6. The van der Waals surface area contributed by atoms with Gasteiger partial charge in [-0.2, -0.15) is 0 Å². The summed E-state index contributed by atoms with van der Waals surface area (Å²) in [7, 11) is 0. The number of rotatable bonds is 2. The average Bonchev–Trinajstić information content (AvgIpc) is 2.69. The van der Waals surface area contributed by atoms with Crippen LogP contribution < -0.4 is 5.73 Å². The van der Waals surface area contributed by atoms with Gasteiger partial charge in [-0.05, 0) is 23.1 Å². The number of aromatic amines is 1. The maximum Gasteiger partial charge on any atom is 0.192 e. The smallest absolute Gasteiger partial charge is 0.192 e. The number of carbonyl (C=O) groups is 1. The van der Waals surface area contributed by atoms with Crippen molar-refractivity contribution in [3.63, 3.8) is 0 Å². The van der Waals surface area contributed by atoms with Crippen LogP contribution in [0.4, 0.5) is 0 Å². The molecular formula is C14H18N2O. The van der Waals surface area contributed by atoms with Crippen LogP contribution in [0.2, 0.25) is 0 Å². The lowest BCUT2D eigenvalue weighted by atomic mass is 9.85. The summed E-state index contributed by atoms with van der Waals surface area (Å²) < 4.78 is 0.